The quantitative estimate of drug-likeness (QED) is 0.544. The van der Waals surface area contributed by atoms with Gasteiger partial charge in [-0.3, -0.25) is 0 Å². The number of hydrogen-bond donors (Lipinski definition) is 1. The highest BCUT2D eigenvalue weighted by molar-refractivity contribution is 5.19. The van der Waals surface area contributed by atoms with Crippen molar-refractivity contribution in [1.82, 2.24) is 5.32 Å². The molecular formula is C18H31N. The first-order chi connectivity index (χ1) is 9.38. The molecule has 0 bridgehead atoms. The molecule has 1 atom stereocenters. The van der Waals surface area contributed by atoms with Gasteiger partial charge in [0, 0.05) is 6.54 Å². The van der Waals surface area contributed by atoms with Gasteiger partial charge in [-0.1, -0.05) is 76.3 Å². The summed E-state index contributed by atoms with van der Waals surface area (Å²) in [5.74, 6) is 0.689. The topological polar surface area (TPSA) is 12.0 Å². The second-order valence-electron chi connectivity index (χ2n) is 5.51. The molecule has 1 rings (SSSR count). The smallest absolute Gasteiger partial charge is 0.00201 e. The molecule has 0 aromatic heterocycles. The lowest BCUT2D eigenvalue weighted by atomic mass is 9.93. The summed E-state index contributed by atoms with van der Waals surface area (Å²) in [5.41, 5.74) is 1.50. The van der Waals surface area contributed by atoms with Crippen LogP contribution in [0.25, 0.3) is 0 Å². The zero-order valence-electron chi connectivity index (χ0n) is 12.8. The van der Waals surface area contributed by atoms with E-state index < -0.39 is 0 Å². The lowest BCUT2D eigenvalue weighted by Gasteiger charge is -2.18. The van der Waals surface area contributed by atoms with E-state index in [1.54, 1.807) is 0 Å². The van der Waals surface area contributed by atoms with Crippen LogP contribution in [-0.2, 0) is 0 Å². The van der Waals surface area contributed by atoms with Crippen molar-refractivity contribution in [2.24, 2.45) is 0 Å². The second-order valence-corrected chi connectivity index (χ2v) is 5.51. The Hall–Kier alpha value is -0.820. The average Bonchev–Trinajstić information content (AvgIpc) is 2.46. The Bertz CT molecular complexity index is 294. The molecule has 0 saturated heterocycles. The predicted octanol–water partition coefficient (Wildman–Crippen LogP) is 5.13. The Labute approximate surface area is 119 Å². The molecule has 19 heavy (non-hydrogen) atoms. The third kappa shape index (κ3) is 7.37. The van der Waals surface area contributed by atoms with Crippen LogP contribution < -0.4 is 5.32 Å². The lowest BCUT2D eigenvalue weighted by Crippen LogP contribution is -2.22. The van der Waals surface area contributed by atoms with E-state index in [0.717, 1.165) is 13.1 Å². The van der Waals surface area contributed by atoms with Gasteiger partial charge in [0.1, 0.15) is 0 Å². The third-order valence-corrected chi connectivity index (χ3v) is 3.74. The molecule has 0 aliphatic carbocycles. The monoisotopic (exact) mass is 261 g/mol. The van der Waals surface area contributed by atoms with Gasteiger partial charge >= 0.3 is 0 Å². The molecule has 0 radical (unpaired) electrons. The van der Waals surface area contributed by atoms with Crippen molar-refractivity contribution in [3.8, 4) is 0 Å². The highest BCUT2D eigenvalue weighted by Gasteiger charge is 2.10. The molecule has 1 unspecified atom stereocenters. The summed E-state index contributed by atoms with van der Waals surface area (Å²) in [6, 6.07) is 11.0. The maximum Gasteiger partial charge on any atom is 0.00201 e. The Kier molecular flexibility index (Phi) is 9.44. The maximum atomic E-state index is 3.59. The molecule has 0 aliphatic rings. The highest BCUT2D eigenvalue weighted by Crippen LogP contribution is 2.22. The van der Waals surface area contributed by atoms with E-state index in [4.69, 9.17) is 0 Å². The normalized spacial score (nSPS) is 12.5. The maximum absolute atomic E-state index is 3.59. The number of benzene rings is 1. The molecule has 0 aliphatic heterocycles. The SMILES string of the molecule is CCCCCCCC(CNCCC)c1ccccc1. The van der Waals surface area contributed by atoms with E-state index in [0.29, 0.717) is 5.92 Å². The van der Waals surface area contributed by atoms with E-state index in [1.165, 1.54) is 50.5 Å². The molecule has 0 spiro atoms. The molecule has 108 valence electrons. The van der Waals surface area contributed by atoms with Crippen molar-refractivity contribution >= 4 is 0 Å². The standard InChI is InChI=1S/C18H31N/c1-3-5-6-7-9-14-18(16-19-15-4-2)17-12-10-8-11-13-17/h8,10-13,18-19H,3-7,9,14-16H2,1-2H3. The fourth-order valence-corrected chi connectivity index (χ4v) is 2.56. The van der Waals surface area contributed by atoms with Crippen molar-refractivity contribution in [2.45, 2.75) is 64.7 Å². The van der Waals surface area contributed by atoms with Crippen molar-refractivity contribution < 1.29 is 0 Å². The van der Waals surface area contributed by atoms with Gasteiger partial charge in [-0.15, -0.1) is 0 Å². The summed E-state index contributed by atoms with van der Waals surface area (Å²) in [5, 5.41) is 3.59. The Morgan fingerprint density at radius 1 is 0.895 bits per heavy atom. The average molecular weight is 261 g/mol. The molecular weight excluding hydrogens is 230 g/mol. The van der Waals surface area contributed by atoms with Crippen LogP contribution in [0.1, 0.15) is 70.3 Å². The van der Waals surface area contributed by atoms with Crippen LogP contribution in [0.4, 0.5) is 0 Å². The van der Waals surface area contributed by atoms with Crippen LogP contribution in [0.5, 0.6) is 0 Å². The Morgan fingerprint density at radius 2 is 1.63 bits per heavy atom. The fourth-order valence-electron chi connectivity index (χ4n) is 2.56. The van der Waals surface area contributed by atoms with Crippen molar-refractivity contribution in [3.05, 3.63) is 35.9 Å². The molecule has 1 aromatic carbocycles. The molecule has 1 nitrogen and oxygen atoms in total. The lowest BCUT2D eigenvalue weighted by molar-refractivity contribution is 0.509. The zero-order valence-corrected chi connectivity index (χ0v) is 12.8. The first kappa shape index (κ1) is 16.2. The van der Waals surface area contributed by atoms with Crippen molar-refractivity contribution in [2.75, 3.05) is 13.1 Å². The van der Waals surface area contributed by atoms with Gasteiger partial charge in [0.05, 0.1) is 0 Å². The van der Waals surface area contributed by atoms with Crippen molar-refractivity contribution in [3.63, 3.8) is 0 Å². The minimum absolute atomic E-state index is 0.689. The van der Waals surface area contributed by atoms with Crippen LogP contribution >= 0.6 is 0 Å². The minimum atomic E-state index is 0.689. The van der Waals surface area contributed by atoms with E-state index in [1.807, 2.05) is 0 Å². The van der Waals surface area contributed by atoms with E-state index in [2.05, 4.69) is 49.5 Å². The third-order valence-electron chi connectivity index (χ3n) is 3.74. The number of unbranched alkanes of at least 4 members (excludes halogenated alkanes) is 4. The van der Waals surface area contributed by atoms with E-state index in [-0.39, 0.29) is 0 Å². The summed E-state index contributed by atoms with van der Waals surface area (Å²) in [7, 11) is 0. The molecule has 0 fully saturated rings. The van der Waals surface area contributed by atoms with Gasteiger partial charge in [-0.05, 0) is 30.9 Å². The number of hydrogen-bond acceptors (Lipinski definition) is 1. The zero-order chi connectivity index (χ0) is 13.8. The molecule has 1 aromatic rings. The van der Waals surface area contributed by atoms with Crippen LogP contribution in [-0.4, -0.2) is 13.1 Å². The van der Waals surface area contributed by atoms with Crippen LogP contribution in [0.3, 0.4) is 0 Å². The molecule has 0 amide bonds. The Morgan fingerprint density at radius 3 is 2.32 bits per heavy atom. The van der Waals surface area contributed by atoms with Gasteiger partial charge in [0.15, 0.2) is 0 Å². The molecule has 1 N–H and O–H groups in total. The second kappa shape index (κ2) is 11.0. The van der Waals surface area contributed by atoms with Gasteiger partial charge < -0.3 is 5.32 Å². The predicted molar refractivity (Wildman–Crippen MR) is 85.7 cm³/mol. The van der Waals surface area contributed by atoms with Gasteiger partial charge in [0.2, 0.25) is 0 Å². The molecule has 0 heterocycles. The van der Waals surface area contributed by atoms with Crippen LogP contribution in [0.2, 0.25) is 0 Å². The summed E-state index contributed by atoms with van der Waals surface area (Å²) in [4.78, 5) is 0. The summed E-state index contributed by atoms with van der Waals surface area (Å²) in [6.07, 6.45) is 9.44. The highest BCUT2D eigenvalue weighted by atomic mass is 14.8. The number of rotatable bonds is 11. The first-order valence-electron chi connectivity index (χ1n) is 8.14. The van der Waals surface area contributed by atoms with Gasteiger partial charge in [-0.2, -0.15) is 0 Å². The van der Waals surface area contributed by atoms with E-state index >= 15 is 0 Å². The minimum Gasteiger partial charge on any atom is -0.316 e. The largest absolute Gasteiger partial charge is 0.316 e. The van der Waals surface area contributed by atoms with Crippen molar-refractivity contribution in [1.29, 1.82) is 0 Å². The number of nitrogens with one attached hydrogen (secondary N) is 1. The summed E-state index contributed by atoms with van der Waals surface area (Å²) >= 11 is 0. The Balaban J connectivity index is 2.36. The molecule has 1 heteroatoms. The van der Waals surface area contributed by atoms with E-state index in [9.17, 15) is 0 Å². The van der Waals surface area contributed by atoms with Crippen LogP contribution in [0, 0.1) is 0 Å². The molecule has 0 saturated carbocycles. The summed E-state index contributed by atoms with van der Waals surface area (Å²) < 4.78 is 0. The summed E-state index contributed by atoms with van der Waals surface area (Å²) in [6.45, 7) is 6.78. The van der Waals surface area contributed by atoms with Crippen LogP contribution in [0.15, 0.2) is 30.3 Å². The van der Waals surface area contributed by atoms with Gasteiger partial charge in [-0.25, -0.2) is 0 Å². The van der Waals surface area contributed by atoms with Gasteiger partial charge in [0.25, 0.3) is 0 Å². The fraction of sp³-hybridized carbons (Fsp3) is 0.667. The first-order valence-corrected chi connectivity index (χ1v) is 8.14.